The molecule has 14 nitrogen and oxygen atoms in total. The van der Waals surface area contributed by atoms with Crippen LogP contribution in [0.15, 0.2) is 30.6 Å². The van der Waals surface area contributed by atoms with E-state index in [-0.39, 0.29) is 42.6 Å². The summed E-state index contributed by atoms with van der Waals surface area (Å²) in [4.78, 5) is 47.7. The fraction of sp³-hybridized carbons (Fsp3) is 0.481. The number of benzene rings is 1. The third-order valence-electron chi connectivity index (χ3n) is 5.84. The van der Waals surface area contributed by atoms with Crippen molar-refractivity contribution in [3.63, 3.8) is 0 Å². The summed E-state index contributed by atoms with van der Waals surface area (Å²) in [5.74, 6) is -1.57. The smallest absolute Gasteiger partial charge is 0.303 e. The third-order valence-corrected chi connectivity index (χ3v) is 5.84. The predicted molar refractivity (Wildman–Crippen MR) is 143 cm³/mol. The van der Waals surface area contributed by atoms with Gasteiger partial charge in [-0.1, -0.05) is 12.1 Å². The van der Waals surface area contributed by atoms with Crippen LogP contribution in [0.2, 0.25) is 0 Å². The quantitative estimate of drug-likeness (QED) is 0.315. The van der Waals surface area contributed by atoms with E-state index < -0.39 is 48.9 Å². The number of hydrogen-bond donors (Lipinski definition) is 1. The molecule has 0 saturated carbocycles. The van der Waals surface area contributed by atoms with Crippen LogP contribution in [0.25, 0.3) is 11.2 Å². The molecule has 1 aliphatic heterocycles. The van der Waals surface area contributed by atoms with E-state index in [1.807, 2.05) is 0 Å². The lowest BCUT2D eigenvalue weighted by molar-refractivity contribution is -0.155. The number of hydrogen-bond acceptors (Lipinski definition) is 12. The van der Waals surface area contributed by atoms with Gasteiger partial charge in [-0.3, -0.25) is 24.3 Å². The molecule has 220 valence electrons. The van der Waals surface area contributed by atoms with Crippen molar-refractivity contribution in [3.8, 4) is 11.6 Å². The summed E-state index contributed by atoms with van der Waals surface area (Å²) in [5, 5.41) is 2.44. The molecule has 3 heterocycles. The molecular weight excluding hydrogens is 538 g/mol. The highest BCUT2D eigenvalue weighted by Gasteiger charge is 2.40. The maximum atomic E-state index is 11.9. The van der Waals surface area contributed by atoms with Crippen LogP contribution < -0.4 is 14.8 Å². The van der Waals surface area contributed by atoms with E-state index in [9.17, 15) is 14.4 Å². The lowest BCUT2D eigenvalue weighted by Gasteiger charge is -2.17. The van der Waals surface area contributed by atoms with Gasteiger partial charge in [-0.15, -0.1) is 0 Å². The van der Waals surface area contributed by atoms with Gasteiger partial charge in [-0.25, -0.2) is 4.98 Å². The molecular formula is C27H33N5O9. The molecule has 1 N–H and O–H groups in total. The van der Waals surface area contributed by atoms with E-state index in [1.165, 1.54) is 45.7 Å². The van der Waals surface area contributed by atoms with Crippen LogP contribution in [0.5, 0.6) is 11.6 Å². The third kappa shape index (κ3) is 7.89. The van der Waals surface area contributed by atoms with Gasteiger partial charge in [0, 0.05) is 27.2 Å². The SMILES string of the molecule is [2H]C([2H])(Oc1nc(NC(C)=O)nc2c1ncn2[C@H]1C[C@H](OC(C)=O)[C@@H](COC(C)=O)O1)C([2H])(C)OCc1ccc(OC)cc1. The first-order valence-electron chi connectivity index (χ1n) is 14.1. The summed E-state index contributed by atoms with van der Waals surface area (Å²) in [7, 11) is 1.53. The van der Waals surface area contributed by atoms with Crippen molar-refractivity contribution >= 4 is 35.0 Å². The number of carbonyl (C=O) groups is 3. The number of nitrogens with one attached hydrogen (secondary N) is 1. The number of ether oxygens (including phenoxy) is 6. The van der Waals surface area contributed by atoms with Gasteiger partial charge in [-0.2, -0.15) is 9.97 Å². The minimum absolute atomic E-state index is 0.00926. The molecule has 1 aliphatic rings. The summed E-state index contributed by atoms with van der Waals surface area (Å²) in [5.41, 5.74) is 0.747. The summed E-state index contributed by atoms with van der Waals surface area (Å²) in [6.45, 7) is 1.87. The minimum Gasteiger partial charge on any atom is -0.497 e. The monoisotopic (exact) mass is 574 g/mol. The normalized spacial score (nSPS) is 21.2. The fourth-order valence-electron chi connectivity index (χ4n) is 4.01. The zero-order valence-electron chi connectivity index (χ0n) is 26.2. The van der Waals surface area contributed by atoms with Gasteiger partial charge in [0.2, 0.25) is 17.7 Å². The average Bonchev–Trinajstić information content (AvgIpc) is 3.54. The molecule has 0 radical (unpaired) electrons. The van der Waals surface area contributed by atoms with Crippen molar-refractivity contribution in [1.29, 1.82) is 0 Å². The molecule has 1 amide bonds. The number of nitrogens with zero attached hydrogens (tertiary/aromatic N) is 4. The average molecular weight is 575 g/mol. The molecule has 41 heavy (non-hydrogen) atoms. The Labute approximate surface area is 240 Å². The van der Waals surface area contributed by atoms with Gasteiger partial charge >= 0.3 is 11.9 Å². The number of imidazole rings is 1. The molecule has 1 unspecified atom stereocenters. The Balaban J connectivity index is 1.62. The number of anilines is 1. The number of amides is 1. The van der Waals surface area contributed by atoms with Crippen molar-refractivity contribution in [2.45, 2.75) is 65.2 Å². The van der Waals surface area contributed by atoms with Gasteiger partial charge in [0.05, 0.1) is 30.2 Å². The van der Waals surface area contributed by atoms with Gasteiger partial charge in [0.1, 0.15) is 37.4 Å². The molecule has 4 atom stereocenters. The largest absolute Gasteiger partial charge is 0.497 e. The number of esters is 2. The van der Waals surface area contributed by atoms with Gasteiger partial charge < -0.3 is 28.4 Å². The highest BCUT2D eigenvalue weighted by atomic mass is 16.6. The highest BCUT2D eigenvalue weighted by Crippen LogP contribution is 2.34. The molecule has 1 saturated heterocycles. The van der Waals surface area contributed by atoms with E-state index in [0.29, 0.717) is 11.3 Å². The maximum absolute atomic E-state index is 11.9. The summed E-state index contributed by atoms with van der Waals surface area (Å²) in [6.07, 6.45) is -3.14. The second-order valence-corrected chi connectivity index (χ2v) is 9.07. The van der Waals surface area contributed by atoms with Crippen molar-refractivity contribution in [2.24, 2.45) is 0 Å². The van der Waals surface area contributed by atoms with E-state index in [1.54, 1.807) is 24.3 Å². The first-order chi connectivity index (χ1) is 20.7. The molecule has 2 aromatic heterocycles. The van der Waals surface area contributed by atoms with Crippen LogP contribution in [-0.2, 0) is 39.9 Å². The molecule has 0 bridgehead atoms. The zero-order valence-corrected chi connectivity index (χ0v) is 23.2. The van der Waals surface area contributed by atoms with Crippen molar-refractivity contribution in [2.75, 3.05) is 25.6 Å². The molecule has 0 spiro atoms. The lowest BCUT2D eigenvalue weighted by Crippen LogP contribution is -2.31. The number of aromatic nitrogens is 4. The van der Waals surface area contributed by atoms with Crippen LogP contribution >= 0.6 is 0 Å². The Kier molecular flexibility index (Phi) is 8.37. The van der Waals surface area contributed by atoms with Crippen LogP contribution in [-0.4, -0.2) is 75.9 Å². The van der Waals surface area contributed by atoms with Crippen molar-refractivity contribution in [3.05, 3.63) is 36.2 Å². The molecule has 1 fully saturated rings. The molecule has 14 heteroatoms. The van der Waals surface area contributed by atoms with E-state index in [0.717, 1.165) is 0 Å². The van der Waals surface area contributed by atoms with E-state index in [2.05, 4.69) is 20.3 Å². The minimum atomic E-state index is -2.78. The van der Waals surface area contributed by atoms with Gasteiger partial charge in [-0.05, 0) is 24.6 Å². The lowest BCUT2D eigenvalue weighted by atomic mass is 10.2. The van der Waals surface area contributed by atoms with Crippen LogP contribution in [0, 0.1) is 0 Å². The van der Waals surface area contributed by atoms with Crippen molar-refractivity contribution < 1.29 is 46.9 Å². The number of rotatable bonds is 12. The molecule has 0 aliphatic carbocycles. The predicted octanol–water partition coefficient (Wildman–Crippen LogP) is 2.56. The maximum Gasteiger partial charge on any atom is 0.303 e. The Morgan fingerprint density at radius 3 is 2.61 bits per heavy atom. The van der Waals surface area contributed by atoms with Gasteiger partial charge in [0.15, 0.2) is 11.2 Å². The first kappa shape index (κ1) is 25.7. The van der Waals surface area contributed by atoms with Crippen LogP contribution in [0.1, 0.15) is 50.0 Å². The Hall–Kier alpha value is -4.30. The highest BCUT2D eigenvalue weighted by molar-refractivity contribution is 5.88. The molecule has 4 rings (SSSR count). The molecule has 1 aromatic carbocycles. The van der Waals surface area contributed by atoms with E-state index >= 15 is 0 Å². The Morgan fingerprint density at radius 2 is 1.95 bits per heavy atom. The number of fused-ring (bicyclic) bond motifs is 1. The Bertz CT molecular complexity index is 1520. The fourth-order valence-corrected chi connectivity index (χ4v) is 4.01. The Morgan fingerprint density at radius 1 is 1.20 bits per heavy atom. The number of methoxy groups -OCH3 is 1. The van der Waals surface area contributed by atoms with E-state index in [4.69, 9.17) is 32.5 Å². The summed E-state index contributed by atoms with van der Waals surface area (Å²) >= 11 is 0. The molecule has 3 aromatic rings. The topological polar surface area (TPSA) is 162 Å². The van der Waals surface area contributed by atoms with Crippen molar-refractivity contribution in [1.82, 2.24) is 19.5 Å². The first-order valence-corrected chi connectivity index (χ1v) is 12.6. The zero-order chi connectivity index (χ0) is 32.2. The standard InChI is InChI=1S/C27H33N5O9/c1-15(37-12-19-6-8-20(36-5)9-7-19)11-39-26-24-25(30-27(31-26)29-16(2)33)32(14-28-24)23-10-21(40-18(4)35)22(41-23)13-38-17(3)34/h6-9,14-15,21-23H,10-13H2,1-5H3,(H,29,30,31,33)/t15?,21-,22+,23+/m0/s1/i11D2,15D. The summed E-state index contributed by atoms with van der Waals surface area (Å²) < 4.78 is 60.0. The summed E-state index contributed by atoms with van der Waals surface area (Å²) in [6, 6.07) is 6.87. The van der Waals surface area contributed by atoms with Crippen LogP contribution in [0.3, 0.4) is 0 Å². The second kappa shape index (κ2) is 13.4. The van der Waals surface area contributed by atoms with Gasteiger partial charge in [0.25, 0.3) is 0 Å². The second-order valence-electron chi connectivity index (χ2n) is 9.07. The number of carbonyl (C=O) groups excluding carboxylic acids is 3. The van der Waals surface area contributed by atoms with Crippen LogP contribution in [0.4, 0.5) is 5.95 Å².